The minimum Gasteiger partial charge on any atom is -0.310 e. The van der Waals surface area contributed by atoms with Crippen molar-refractivity contribution >= 4 is 17.3 Å². The van der Waals surface area contributed by atoms with Gasteiger partial charge in [-0.15, -0.1) is 0 Å². The molecule has 1 N–H and O–H groups in total. The highest BCUT2D eigenvalue weighted by Gasteiger charge is 2.12. The summed E-state index contributed by atoms with van der Waals surface area (Å²) in [5, 5.41) is 14.3. The molecule has 0 saturated carbocycles. The number of nitrogens with zero attached hydrogens (tertiary/aromatic N) is 1. The van der Waals surface area contributed by atoms with Crippen molar-refractivity contribution in [2.24, 2.45) is 0 Å². The molecule has 0 atom stereocenters. The highest BCUT2D eigenvalue weighted by Crippen LogP contribution is 2.25. The van der Waals surface area contributed by atoms with Crippen molar-refractivity contribution in [1.29, 1.82) is 0 Å². The van der Waals surface area contributed by atoms with Gasteiger partial charge in [-0.25, -0.2) is 0 Å². The van der Waals surface area contributed by atoms with Gasteiger partial charge in [-0.1, -0.05) is 31.5 Å². The van der Waals surface area contributed by atoms with Crippen LogP contribution >= 0.6 is 11.6 Å². The van der Waals surface area contributed by atoms with Crippen LogP contribution in [0, 0.1) is 10.1 Å². The standard InChI is InChI=1S/C12H17ClN2O2/c1-3-10(4-2)14-8-9-5-6-11(13)12(7-9)15(16)17/h5-7,10,14H,3-4,8H2,1-2H3. The fourth-order valence-electron chi connectivity index (χ4n) is 1.65. The fourth-order valence-corrected chi connectivity index (χ4v) is 1.83. The summed E-state index contributed by atoms with van der Waals surface area (Å²) in [4.78, 5) is 10.3. The molecular formula is C12H17ClN2O2. The van der Waals surface area contributed by atoms with Crippen LogP contribution in [-0.4, -0.2) is 11.0 Å². The van der Waals surface area contributed by atoms with Crippen molar-refractivity contribution in [1.82, 2.24) is 5.32 Å². The molecule has 4 nitrogen and oxygen atoms in total. The summed E-state index contributed by atoms with van der Waals surface area (Å²) in [6.07, 6.45) is 2.10. The van der Waals surface area contributed by atoms with E-state index < -0.39 is 4.92 Å². The van der Waals surface area contributed by atoms with Gasteiger partial charge in [-0.3, -0.25) is 10.1 Å². The third-order valence-corrected chi connectivity index (χ3v) is 3.11. The van der Waals surface area contributed by atoms with E-state index in [2.05, 4.69) is 19.2 Å². The lowest BCUT2D eigenvalue weighted by atomic mass is 10.1. The molecule has 17 heavy (non-hydrogen) atoms. The van der Waals surface area contributed by atoms with Crippen LogP contribution in [0.25, 0.3) is 0 Å². The van der Waals surface area contributed by atoms with E-state index in [1.807, 2.05) is 6.07 Å². The van der Waals surface area contributed by atoms with Crippen LogP contribution in [0.5, 0.6) is 0 Å². The molecule has 0 saturated heterocycles. The highest BCUT2D eigenvalue weighted by molar-refractivity contribution is 6.32. The Labute approximate surface area is 106 Å². The van der Waals surface area contributed by atoms with Crippen LogP contribution in [0.1, 0.15) is 32.3 Å². The zero-order chi connectivity index (χ0) is 12.8. The van der Waals surface area contributed by atoms with E-state index in [-0.39, 0.29) is 10.7 Å². The quantitative estimate of drug-likeness (QED) is 0.626. The second kappa shape index (κ2) is 6.57. The maximum absolute atomic E-state index is 10.7. The number of hydrogen-bond acceptors (Lipinski definition) is 3. The summed E-state index contributed by atoms with van der Waals surface area (Å²) < 4.78 is 0. The first-order valence-corrected chi connectivity index (χ1v) is 6.12. The first-order chi connectivity index (χ1) is 8.08. The van der Waals surface area contributed by atoms with E-state index in [4.69, 9.17) is 11.6 Å². The molecule has 0 bridgehead atoms. The molecule has 1 aromatic carbocycles. The van der Waals surface area contributed by atoms with Gasteiger partial charge in [0, 0.05) is 18.7 Å². The molecule has 0 radical (unpaired) electrons. The molecule has 0 fully saturated rings. The van der Waals surface area contributed by atoms with Gasteiger partial charge in [0.15, 0.2) is 0 Å². The first kappa shape index (κ1) is 13.9. The van der Waals surface area contributed by atoms with Crippen LogP contribution < -0.4 is 5.32 Å². The van der Waals surface area contributed by atoms with Crippen LogP contribution in [0.3, 0.4) is 0 Å². The summed E-state index contributed by atoms with van der Waals surface area (Å²) in [6, 6.07) is 5.36. The summed E-state index contributed by atoms with van der Waals surface area (Å²) >= 11 is 5.75. The average Bonchev–Trinajstić information content (AvgIpc) is 2.32. The molecule has 1 aromatic rings. The normalized spacial score (nSPS) is 10.8. The topological polar surface area (TPSA) is 55.2 Å². The second-order valence-electron chi connectivity index (χ2n) is 3.94. The lowest BCUT2D eigenvalue weighted by Crippen LogP contribution is -2.26. The summed E-state index contributed by atoms with van der Waals surface area (Å²) in [7, 11) is 0. The van der Waals surface area contributed by atoms with Gasteiger partial charge >= 0.3 is 0 Å². The van der Waals surface area contributed by atoms with Gasteiger partial charge in [0.2, 0.25) is 0 Å². The van der Waals surface area contributed by atoms with Gasteiger partial charge in [-0.2, -0.15) is 0 Å². The molecule has 0 heterocycles. The number of nitrogens with one attached hydrogen (secondary N) is 1. The molecule has 0 unspecified atom stereocenters. The van der Waals surface area contributed by atoms with Crippen molar-refractivity contribution in [3.63, 3.8) is 0 Å². The Morgan fingerprint density at radius 1 is 1.41 bits per heavy atom. The Morgan fingerprint density at radius 2 is 2.06 bits per heavy atom. The fraction of sp³-hybridized carbons (Fsp3) is 0.500. The van der Waals surface area contributed by atoms with E-state index in [1.165, 1.54) is 6.07 Å². The molecule has 1 rings (SSSR count). The zero-order valence-electron chi connectivity index (χ0n) is 10.1. The third kappa shape index (κ3) is 3.98. The molecule has 0 amide bonds. The van der Waals surface area contributed by atoms with Crippen molar-refractivity contribution in [3.05, 3.63) is 38.9 Å². The number of rotatable bonds is 6. The molecule has 5 heteroatoms. The molecular weight excluding hydrogens is 240 g/mol. The summed E-state index contributed by atoms with van der Waals surface area (Å²) in [6.45, 7) is 4.86. The maximum Gasteiger partial charge on any atom is 0.288 e. The van der Waals surface area contributed by atoms with E-state index in [9.17, 15) is 10.1 Å². The van der Waals surface area contributed by atoms with Gasteiger partial charge in [0.05, 0.1) is 4.92 Å². The van der Waals surface area contributed by atoms with Crippen molar-refractivity contribution in [3.8, 4) is 0 Å². The molecule has 0 aromatic heterocycles. The van der Waals surface area contributed by atoms with Crippen molar-refractivity contribution in [2.45, 2.75) is 39.3 Å². The Hall–Kier alpha value is -1.13. The first-order valence-electron chi connectivity index (χ1n) is 5.74. The predicted molar refractivity (Wildman–Crippen MR) is 69.3 cm³/mol. The minimum atomic E-state index is -0.455. The van der Waals surface area contributed by atoms with E-state index in [0.717, 1.165) is 18.4 Å². The number of hydrogen-bond donors (Lipinski definition) is 1. The smallest absolute Gasteiger partial charge is 0.288 e. The van der Waals surface area contributed by atoms with Crippen LogP contribution in [0.15, 0.2) is 18.2 Å². The Bertz CT molecular complexity index is 392. The molecule has 0 spiro atoms. The number of halogens is 1. The molecule has 0 aliphatic heterocycles. The Kier molecular flexibility index (Phi) is 5.38. The van der Waals surface area contributed by atoms with Gasteiger partial charge in [-0.05, 0) is 24.5 Å². The van der Waals surface area contributed by atoms with Crippen LogP contribution in [0.2, 0.25) is 5.02 Å². The molecule has 94 valence electrons. The zero-order valence-corrected chi connectivity index (χ0v) is 10.8. The summed E-state index contributed by atoms with van der Waals surface area (Å²) in [5.41, 5.74) is 0.850. The number of benzene rings is 1. The lowest BCUT2D eigenvalue weighted by Gasteiger charge is -2.14. The highest BCUT2D eigenvalue weighted by atomic mass is 35.5. The number of nitro benzene ring substituents is 1. The Morgan fingerprint density at radius 3 is 2.59 bits per heavy atom. The van der Waals surface area contributed by atoms with Crippen molar-refractivity contribution < 1.29 is 4.92 Å². The lowest BCUT2D eigenvalue weighted by molar-refractivity contribution is -0.384. The molecule has 0 aliphatic rings. The third-order valence-electron chi connectivity index (χ3n) is 2.79. The van der Waals surface area contributed by atoms with Crippen molar-refractivity contribution in [2.75, 3.05) is 0 Å². The van der Waals surface area contributed by atoms with Gasteiger partial charge in [0.1, 0.15) is 5.02 Å². The largest absolute Gasteiger partial charge is 0.310 e. The van der Waals surface area contributed by atoms with Gasteiger partial charge < -0.3 is 5.32 Å². The molecule has 0 aliphatic carbocycles. The van der Waals surface area contributed by atoms with Gasteiger partial charge in [0.25, 0.3) is 5.69 Å². The average molecular weight is 257 g/mol. The predicted octanol–water partition coefficient (Wildman–Crippen LogP) is 3.53. The van der Waals surface area contributed by atoms with E-state index in [0.29, 0.717) is 12.6 Å². The van der Waals surface area contributed by atoms with E-state index in [1.54, 1.807) is 6.07 Å². The monoisotopic (exact) mass is 256 g/mol. The Balaban J connectivity index is 2.72. The maximum atomic E-state index is 10.7. The minimum absolute atomic E-state index is 0.0319. The summed E-state index contributed by atoms with van der Waals surface area (Å²) in [5.74, 6) is 0. The van der Waals surface area contributed by atoms with Crippen LogP contribution in [0.4, 0.5) is 5.69 Å². The second-order valence-corrected chi connectivity index (χ2v) is 4.34. The SMILES string of the molecule is CCC(CC)NCc1ccc(Cl)c([N+](=O)[O-])c1. The number of nitro groups is 1. The van der Waals surface area contributed by atoms with E-state index >= 15 is 0 Å². The van der Waals surface area contributed by atoms with Crippen LogP contribution in [-0.2, 0) is 6.54 Å².